The van der Waals surface area contributed by atoms with Crippen LogP contribution in [0, 0.1) is 0 Å². The van der Waals surface area contributed by atoms with Gasteiger partial charge in [0.2, 0.25) is 0 Å². The van der Waals surface area contributed by atoms with Crippen molar-refractivity contribution in [3.63, 3.8) is 0 Å². The molecule has 1 amide bonds. The second kappa shape index (κ2) is 6.07. The number of nitrogens with zero attached hydrogens (tertiary/aromatic N) is 4. The van der Waals surface area contributed by atoms with Gasteiger partial charge in [-0.2, -0.15) is 5.01 Å². The summed E-state index contributed by atoms with van der Waals surface area (Å²) in [5.41, 5.74) is 0.883. The minimum atomic E-state index is -3.79. The van der Waals surface area contributed by atoms with E-state index >= 15 is 0 Å². The van der Waals surface area contributed by atoms with Crippen molar-refractivity contribution in [2.45, 2.75) is 11.2 Å². The van der Waals surface area contributed by atoms with Crippen LogP contribution in [0.4, 0.5) is 0 Å². The molecule has 2 aromatic carbocycles. The van der Waals surface area contributed by atoms with E-state index in [0.29, 0.717) is 16.9 Å². The molecule has 0 saturated carbocycles. The first-order chi connectivity index (χ1) is 12.9. The molecule has 2 aliphatic rings. The van der Waals surface area contributed by atoms with Gasteiger partial charge in [-0.05, 0) is 50.5 Å². The number of ether oxygens (including phenoxy) is 1. The SMILES string of the molecule is COc1ccc(C(=O)N2N=C3c4ccccc4S(=O)(=O)N3C2N(C)C)cc1. The topological polar surface area (TPSA) is 82.5 Å². The molecule has 8 nitrogen and oxygen atoms in total. The predicted octanol–water partition coefficient (Wildman–Crippen LogP) is 1.36. The first kappa shape index (κ1) is 17.5. The zero-order valence-corrected chi connectivity index (χ0v) is 15.8. The number of carbonyl (C=O) groups is 1. The third-order valence-electron chi connectivity index (χ3n) is 4.51. The normalized spacial score (nSPS) is 19.7. The Bertz CT molecular complexity index is 1050. The highest BCUT2D eigenvalue weighted by Gasteiger charge is 2.52. The highest BCUT2D eigenvalue weighted by atomic mass is 32.2. The van der Waals surface area contributed by atoms with Crippen LogP contribution in [0.2, 0.25) is 0 Å². The lowest BCUT2D eigenvalue weighted by atomic mass is 10.2. The first-order valence-electron chi connectivity index (χ1n) is 8.23. The number of sulfonamides is 1. The van der Waals surface area contributed by atoms with Crippen molar-refractivity contribution in [1.82, 2.24) is 14.2 Å². The van der Waals surface area contributed by atoms with E-state index in [9.17, 15) is 13.2 Å². The molecular weight excluding hydrogens is 368 g/mol. The minimum Gasteiger partial charge on any atom is -0.497 e. The third-order valence-corrected chi connectivity index (χ3v) is 6.30. The molecule has 2 aromatic rings. The van der Waals surface area contributed by atoms with Crippen molar-refractivity contribution >= 4 is 21.8 Å². The van der Waals surface area contributed by atoms with Crippen LogP contribution >= 0.6 is 0 Å². The molecule has 0 bridgehead atoms. The lowest BCUT2D eigenvalue weighted by Crippen LogP contribution is -2.53. The van der Waals surface area contributed by atoms with Gasteiger partial charge >= 0.3 is 0 Å². The summed E-state index contributed by atoms with van der Waals surface area (Å²) in [4.78, 5) is 14.9. The Hall–Kier alpha value is -2.91. The number of hydrogen-bond donors (Lipinski definition) is 0. The van der Waals surface area contributed by atoms with Crippen molar-refractivity contribution in [3.8, 4) is 5.75 Å². The summed E-state index contributed by atoms with van der Waals surface area (Å²) in [6.45, 7) is 0. The summed E-state index contributed by atoms with van der Waals surface area (Å²) in [5.74, 6) is 0.484. The molecule has 0 aliphatic carbocycles. The lowest BCUT2D eigenvalue weighted by Gasteiger charge is -2.32. The Kier molecular flexibility index (Phi) is 3.93. The van der Waals surface area contributed by atoms with Gasteiger partial charge in [0, 0.05) is 11.1 Å². The van der Waals surface area contributed by atoms with E-state index in [2.05, 4.69) is 5.10 Å². The molecule has 0 aromatic heterocycles. The fourth-order valence-corrected chi connectivity index (χ4v) is 5.03. The number of amidine groups is 1. The molecule has 2 heterocycles. The van der Waals surface area contributed by atoms with Crippen LogP contribution < -0.4 is 4.74 Å². The maximum Gasteiger partial charge on any atom is 0.277 e. The summed E-state index contributed by atoms with van der Waals surface area (Å²) in [6, 6.07) is 13.3. The van der Waals surface area contributed by atoms with E-state index < -0.39 is 22.2 Å². The van der Waals surface area contributed by atoms with Gasteiger partial charge in [-0.3, -0.25) is 9.69 Å². The Balaban J connectivity index is 1.81. The molecule has 0 radical (unpaired) electrons. The second-order valence-corrected chi connectivity index (χ2v) is 8.19. The maximum atomic E-state index is 13.0. The molecule has 1 unspecified atom stereocenters. The van der Waals surface area contributed by atoms with Crippen molar-refractivity contribution in [2.24, 2.45) is 5.10 Å². The zero-order chi connectivity index (χ0) is 19.3. The average molecular weight is 386 g/mol. The van der Waals surface area contributed by atoms with E-state index in [1.54, 1.807) is 74.6 Å². The number of rotatable bonds is 3. The molecule has 0 fully saturated rings. The number of benzene rings is 2. The molecule has 9 heteroatoms. The van der Waals surface area contributed by atoms with Gasteiger partial charge in [0.05, 0.1) is 12.0 Å². The minimum absolute atomic E-state index is 0.201. The van der Waals surface area contributed by atoms with Gasteiger partial charge in [-0.1, -0.05) is 12.1 Å². The molecule has 27 heavy (non-hydrogen) atoms. The Morgan fingerprint density at radius 2 is 1.78 bits per heavy atom. The van der Waals surface area contributed by atoms with Gasteiger partial charge in [0.1, 0.15) is 5.75 Å². The molecule has 2 aliphatic heterocycles. The van der Waals surface area contributed by atoms with E-state index in [1.807, 2.05) is 0 Å². The lowest BCUT2D eigenvalue weighted by molar-refractivity contribution is 0.0341. The van der Waals surface area contributed by atoms with Crippen LogP contribution in [0.15, 0.2) is 58.5 Å². The smallest absolute Gasteiger partial charge is 0.277 e. The van der Waals surface area contributed by atoms with Crippen molar-refractivity contribution < 1.29 is 17.9 Å². The first-order valence-corrected chi connectivity index (χ1v) is 9.67. The van der Waals surface area contributed by atoms with Crippen LogP contribution in [0.1, 0.15) is 15.9 Å². The van der Waals surface area contributed by atoms with Crippen molar-refractivity contribution in [3.05, 3.63) is 59.7 Å². The number of hydrogen-bond acceptors (Lipinski definition) is 6. The summed E-state index contributed by atoms with van der Waals surface area (Å²) in [6.07, 6.45) is -0.882. The van der Waals surface area contributed by atoms with Crippen molar-refractivity contribution in [1.29, 1.82) is 0 Å². The van der Waals surface area contributed by atoms with Crippen LogP contribution in [-0.4, -0.2) is 61.9 Å². The number of amides is 1. The summed E-state index contributed by atoms with van der Waals surface area (Å²) in [7, 11) is 1.16. The Morgan fingerprint density at radius 1 is 1.11 bits per heavy atom. The van der Waals surface area contributed by atoms with Crippen LogP contribution in [0.25, 0.3) is 0 Å². The average Bonchev–Trinajstić information content (AvgIpc) is 3.17. The van der Waals surface area contributed by atoms with E-state index in [1.165, 1.54) is 9.31 Å². The van der Waals surface area contributed by atoms with Gasteiger partial charge in [0.25, 0.3) is 15.9 Å². The van der Waals surface area contributed by atoms with Gasteiger partial charge < -0.3 is 4.74 Å². The number of hydrazone groups is 1. The van der Waals surface area contributed by atoms with E-state index in [-0.39, 0.29) is 10.7 Å². The summed E-state index contributed by atoms with van der Waals surface area (Å²) in [5, 5.41) is 5.58. The molecule has 0 N–H and O–H groups in total. The molecule has 140 valence electrons. The maximum absolute atomic E-state index is 13.0. The summed E-state index contributed by atoms with van der Waals surface area (Å²) < 4.78 is 32.4. The highest BCUT2D eigenvalue weighted by Crippen LogP contribution is 2.38. The molecular formula is C18H18N4O4S. The molecule has 0 spiro atoms. The van der Waals surface area contributed by atoms with Crippen LogP contribution in [0.5, 0.6) is 5.75 Å². The Morgan fingerprint density at radius 3 is 2.41 bits per heavy atom. The van der Waals surface area contributed by atoms with Crippen LogP contribution in [0.3, 0.4) is 0 Å². The third kappa shape index (κ3) is 2.50. The molecule has 0 saturated heterocycles. The Labute approximate surface area is 157 Å². The van der Waals surface area contributed by atoms with Gasteiger partial charge in [-0.25, -0.2) is 12.7 Å². The van der Waals surface area contributed by atoms with Gasteiger partial charge in [0.15, 0.2) is 12.1 Å². The van der Waals surface area contributed by atoms with Crippen LogP contribution in [-0.2, 0) is 10.0 Å². The predicted molar refractivity (Wildman–Crippen MR) is 98.6 cm³/mol. The van der Waals surface area contributed by atoms with Gasteiger partial charge in [-0.15, -0.1) is 5.10 Å². The fraction of sp³-hybridized carbons (Fsp3) is 0.222. The van der Waals surface area contributed by atoms with Crippen molar-refractivity contribution in [2.75, 3.05) is 21.2 Å². The molecule has 4 rings (SSSR count). The largest absolute Gasteiger partial charge is 0.497 e. The monoisotopic (exact) mass is 386 g/mol. The second-order valence-electron chi connectivity index (χ2n) is 6.41. The standard InChI is InChI=1S/C18H18N4O4S/c1-20(2)18-21(17(23)12-8-10-13(26-3)11-9-12)19-16-14-6-4-5-7-15(14)27(24,25)22(16)18/h4-11,18H,1-3H3. The highest BCUT2D eigenvalue weighted by molar-refractivity contribution is 7.90. The molecule has 1 atom stereocenters. The quantitative estimate of drug-likeness (QED) is 0.796. The summed E-state index contributed by atoms with van der Waals surface area (Å²) >= 11 is 0. The number of methoxy groups -OCH3 is 1. The number of fused-ring (bicyclic) bond motifs is 3. The van der Waals surface area contributed by atoms with E-state index in [0.717, 1.165) is 0 Å². The zero-order valence-electron chi connectivity index (χ0n) is 15.0. The fourth-order valence-electron chi connectivity index (χ4n) is 3.24. The number of carbonyl (C=O) groups excluding carboxylic acids is 1. The van der Waals surface area contributed by atoms with E-state index in [4.69, 9.17) is 4.74 Å².